The van der Waals surface area contributed by atoms with Gasteiger partial charge in [-0.1, -0.05) is 49.7 Å². The number of fused-ring (bicyclic) bond motifs is 1. The Labute approximate surface area is 226 Å². The van der Waals surface area contributed by atoms with E-state index in [2.05, 4.69) is 30.5 Å². The average molecular weight is 542 g/mol. The Kier molecular flexibility index (Phi) is 7.62. The number of aromatic nitrogens is 3. The van der Waals surface area contributed by atoms with Crippen molar-refractivity contribution >= 4 is 40.4 Å². The van der Waals surface area contributed by atoms with Crippen LogP contribution in [0.15, 0.2) is 52.0 Å². The molecule has 37 heavy (non-hydrogen) atoms. The predicted molar refractivity (Wildman–Crippen MR) is 147 cm³/mol. The fourth-order valence-corrected chi connectivity index (χ4v) is 5.28. The van der Waals surface area contributed by atoms with Crippen molar-refractivity contribution in [2.75, 3.05) is 0 Å². The van der Waals surface area contributed by atoms with E-state index in [1.165, 1.54) is 0 Å². The summed E-state index contributed by atoms with van der Waals surface area (Å²) in [7, 11) is 0. The molecule has 0 unspecified atom stereocenters. The lowest BCUT2D eigenvalue weighted by Gasteiger charge is -2.24. The van der Waals surface area contributed by atoms with Gasteiger partial charge in [0.2, 0.25) is 0 Å². The maximum atomic E-state index is 12.1. The number of halogens is 1. The van der Waals surface area contributed by atoms with Crippen LogP contribution < -0.4 is 4.74 Å². The van der Waals surface area contributed by atoms with E-state index in [9.17, 15) is 9.90 Å². The molecule has 0 amide bonds. The highest BCUT2D eigenvalue weighted by molar-refractivity contribution is 8.00. The maximum absolute atomic E-state index is 12.1. The lowest BCUT2D eigenvalue weighted by Crippen LogP contribution is -2.28. The zero-order valence-electron chi connectivity index (χ0n) is 22.0. The average Bonchev–Trinajstić information content (AvgIpc) is 3.34. The fourth-order valence-electron chi connectivity index (χ4n) is 3.98. The summed E-state index contributed by atoms with van der Waals surface area (Å²) in [5.74, 6) is 0.486. The summed E-state index contributed by atoms with van der Waals surface area (Å²) in [5.41, 5.74) is 2.50. The number of carboxylic acid groups (broad SMARTS) is 1. The summed E-state index contributed by atoms with van der Waals surface area (Å²) in [6.45, 7) is 12.6. The van der Waals surface area contributed by atoms with Gasteiger partial charge in [0.1, 0.15) is 29.5 Å². The minimum atomic E-state index is -0.969. The van der Waals surface area contributed by atoms with E-state index in [0.29, 0.717) is 29.4 Å². The van der Waals surface area contributed by atoms with E-state index >= 15 is 0 Å². The molecule has 0 radical (unpaired) electrons. The second-order valence-electron chi connectivity index (χ2n) is 10.8. The monoisotopic (exact) mass is 541 g/mol. The van der Waals surface area contributed by atoms with Gasteiger partial charge in [-0.25, -0.2) is 4.98 Å². The number of ether oxygens (including phenoxy) is 1. The van der Waals surface area contributed by atoms with Crippen LogP contribution in [0.4, 0.5) is 0 Å². The van der Waals surface area contributed by atoms with Crippen molar-refractivity contribution in [1.29, 1.82) is 0 Å². The minimum absolute atomic E-state index is 0.114. The van der Waals surface area contributed by atoms with Crippen LogP contribution in [0.2, 0.25) is 5.02 Å². The molecule has 3 heterocycles. The Morgan fingerprint density at radius 2 is 1.86 bits per heavy atom. The molecule has 196 valence electrons. The molecule has 7 nitrogen and oxygen atoms in total. The van der Waals surface area contributed by atoms with Crippen molar-refractivity contribution in [2.45, 2.75) is 70.8 Å². The Hall–Kier alpha value is -2.97. The highest BCUT2D eigenvalue weighted by Gasteiger charge is 2.33. The van der Waals surface area contributed by atoms with Crippen LogP contribution in [0.5, 0.6) is 5.75 Å². The zero-order chi connectivity index (χ0) is 27.0. The molecular weight excluding hydrogens is 510 g/mol. The first-order valence-corrected chi connectivity index (χ1v) is 13.2. The van der Waals surface area contributed by atoms with Crippen LogP contribution in [0.25, 0.3) is 11.0 Å². The number of nitrogens with zero attached hydrogens (tertiary/aromatic N) is 3. The summed E-state index contributed by atoms with van der Waals surface area (Å²) in [6, 6.07) is 11.5. The molecule has 0 fully saturated rings. The number of aryl methyl sites for hydroxylation is 1. The molecule has 0 spiro atoms. The molecule has 0 atom stereocenters. The van der Waals surface area contributed by atoms with Gasteiger partial charge in [0.05, 0.1) is 11.6 Å². The number of carboxylic acids is 1. The summed E-state index contributed by atoms with van der Waals surface area (Å²) in [6.07, 6.45) is 2.05. The van der Waals surface area contributed by atoms with Gasteiger partial charge in [-0.3, -0.25) is 4.79 Å². The third-order valence-electron chi connectivity index (χ3n) is 5.84. The topological polar surface area (TPSA) is 90.4 Å². The van der Waals surface area contributed by atoms with E-state index in [1.807, 2.05) is 43.3 Å². The van der Waals surface area contributed by atoms with Crippen molar-refractivity contribution < 1.29 is 19.2 Å². The maximum Gasteiger partial charge on any atom is 0.309 e. The standard InChI is InChI=1S/C28H32ClN3O4S/c1-17-11-20(31-36-17)16-35-21-12-22-24(37-27(2,3)4)23(13-28(5,6)26(33)34)32(25(22)30-14-21)15-18-7-9-19(29)10-8-18/h7-12,14H,13,15-16H2,1-6H3,(H,33,34). The van der Waals surface area contributed by atoms with Gasteiger partial charge in [0.25, 0.3) is 0 Å². The van der Waals surface area contributed by atoms with E-state index in [1.54, 1.807) is 31.8 Å². The van der Waals surface area contributed by atoms with Crippen molar-refractivity contribution in [2.24, 2.45) is 5.41 Å². The second kappa shape index (κ2) is 10.4. The second-order valence-corrected chi connectivity index (χ2v) is 13.1. The lowest BCUT2D eigenvalue weighted by molar-refractivity contribution is -0.146. The van der Waals surface area contributed by atoms with Crippen LogP contribution >= 0.6 is 23.4 Å². The number of carbonyl (C=O) groups is 1. The third kappa shape index (κ3) is 6.48. The van der Waals surface area contributed by atoms with Gasteiger partial charge in [-0.15, -0.1) is 11.8 Å². The number of rotatable bonds is 9. The lowest BCUT2D eigenvalue weighted by atomic mass is 9.88. The highest BCUT2D eigenvalue weighted by Crippen LogP contribution is 2.43. The van der Waals surface area contributed by atoms with E-state index in [4.69, 9.17) is 25.8 Å². The zero-order valence-corrected chi connectivity index (χ0v) is 23.5. The molecule has 0 aliphatic rings. The van der Waals surface area contributed by atoms with E-state index < -0.39 is 11.4 Å². The largest absolute Gasteiger partial charge is 0.486 e. The Morgan fingerprint density at radius 1 is 1.16 bits per heavy atom. The quantitative estimate of drug-likeness (QED) is 0.225. The van der Waals surface area contributed by atoms with Crippen LogP contribution in [0, 0.1) is 12.3 Å². The molecule has 1 aromatic carbocycles. The van der Waals surface area contributed by atoms with Crippen LogP contribution in [0.3, 0.4) is 0 Å². The summed E-state index contributed by atoms with van der Waals surface area (Å²) < 4.78 is 13.2. The molecule has 0 saturated heterocycles. The minimum Gasteiger partial charge on any atom is -0.486 e. The number of benzene rings is 1. The molecule has 4 rings (SSSR count). The molecule has 0 aliphatic heterocycles. The third-order valence-corrected chi connectivity index (χ3v) is 7.37. The van der Waals surface area contributed by atoms with Crippen LogP contribution in [-0.4, -0.2) is 30.5 Å². The van der Waals surface area contributed by atoms with Gasteiger partial charge in [-0.2, -0.15) is 0 Å². The van der Waals surface area contributed by atoms with E-state index in [-0.39, 0.29) is 11.4 Å². The predicted octanol–water partition coefficient (Wildman–Crippen LogP) is 7.16. The van der Waals surface area contributed by atoms with Crippen molar-refractivity contribution in [3.8, 4) is 5.75 Å². The van der Waals surface area contributed by atoms with Crippen molar-refractivity contribution in [3.05, 3.63) is 70.3 Å². The van der Waals surface area contributed by atoms with E-state index in [0.717, 1.165) is 32.9 Å². The summed E-state index contributed by atoms with van der Waals surface area (Å²) in [4.78, 5) is 18.0. The smallest absolute Gasteiger partial charge is 0.309 e. The van der Waals surface area contributed by atoms with Crippen molar-refractivity contribution in [1.82, 2.24) is 14.7 Å². The Balaban J connectivity index is 1.85. The summed E-state index contributed by atoms with van der Waals surface area (Å²) in [5, 5.41) is 15.5. The summed E-state index contributed by atoms with van der Waals surface area (Å²) >= 11 is 7.83. The van der Waals surface area contributed by atoms with Gasteiger partial charge in [0, 0.05) is 44.8 Å². The highest BCUT2D eigenvalue weighted by atomic mass is 35.5. The van der Waals surface area contributed by atoms with Crippen LogP contribution in [0.1, 0.15) is 57.3 Å². The Morgan fingerprint density at radius 3 is 2.46 bits per heavy atom. The van der Waals surface area contributed by atoms with Gasteiger partial charge in [0.15, 0.2) is 0 Å². The molecule has 0 saturated carbocycles. The molecular formula is C28H32ClN3O4S. The molecule has 1 N–H and O–H groups in total. The molecule has 9 heteroatoms. The number of aliphatic carboxylic acids is 1. The number of thioether (sulfide) groups is 1. The molecule has 0 aliphatic carbocycles. The first-order chi connectivity index (χ1) is 17.3. The first kappa shape index (κ1) is 27.1. The first-order valence-electron chi connectivity index (χ1n) is 12.1. The SMILES string of the molecule is Cc1cc(COc2cnc3c(c2)c(SC(C)(C)C)c(CC(C)(C)C(=O)O)n3Cc2ccc(Cl)cc2)no1. The number of hydrogen-bond donors (Lipinski definition) is 1. The molecule has 4 aromatic rings. The molecule has 0 bridgehead atoms. The van der Waals surface area contributed by atoms with Gasteiger partial charge >= 0.3 is 5.97 Å². The van der Waals surface area contributed by atoms with Crippen LogP contribution in [-0.2, 0) is 24.4 Å². The normalized spacial score (nSPS) is 12.3. The number of hydrogen-bond acceptors (Lipinski definition) is 6. The van der Waals surface area contributed by atoms with Gasteiger partial charge in [-0.05, 0) is 44.5 Å². The van der Waals surface area contributed by atoms with Crippen molar-refractivity contribution in [3.63, 3.8) is 0 Å². The fraction of sp³-hybridized carbons (Fsp3) is 0.393. The Bertz CT molecular complexity index is 1420. The van der Waals surface area contributed by atoms with Gasteiger partial charge < -0.3 is 18.9 Å². The number of pyridine rings is 1. The molecule has 3 aromatic heterocycles.